The molecule has 0 radical (unpaired) electrons. The molecular weight excluding hydrogens is 514 g/mol. The number of fused-ring (bicyclic) bond motifs is 1. The molecule has 2 aromatic heterocycles. The summed E-state index contributed by atoms with van der Waals surface area (Å²) in [5, 5.41) is 28.8. The van der Waals surface area contributed by atoms with E-state index in [0.717, 1.165) is 11.3 Å². The van der Waals surface area contributed by atoms with Gasteiger partial charge in [-0.3, -0.25) is 14.9 Å². The third kappa shape index (κ3) is 4.97. The number of ether oxygens (including phenoxy) is 1. The monoisotopic (exact) mass is 531 g/mol. The van der Waals surface area contributed by atoms with Crippen molar-refractivity contribution in [3.8, 4) is 11.1 Å². The zero-order valence-electron chi connectivity index (χ0n) is 18.7. The van der Waals surface area contributed by atoms with Gasteiger partial charge in [0.05, 0.1) is 4.92 Å². The van der Waals surface area contributed by atoms with Gasteiger partial charge in [0.2, 0.25) is 5.52 Å². The largest absolute Gasteiger partial charge is 0.617 e. The molecule has 0 aliphatic heterocycles. The standard InChI is InChI=1S/C23H18ClN3O6S2/c1-23(2,3)33-22(29)17-14(12-7-9-13(24)10-8-12)11-34-20(17)25-19(28)21-26(30)15-5-4-6-16(27(31)32)18(15)35-21/h4-11H,1-3H3,(H,25,28). The summed E-state index contributed by atoms with van der Waals surface area (Å²) in [6.45, 7) is 5.17. The van der Waals surface area contributed by atoms with Crippen LogP contribution in [0, 0.1) is 15.3 Å². The van der Waals surface area contributed by atoms with Crippen molar-refractivity contribution in [2.45, 2.75) is 26.4 Å². The van der Waals surface area contributed by atoms with Crippen LogP contribution < -0.4 is 10.0 Å². The van der Waals surface area contributed by atoms with Crippen LogP contribution in [0.1, 0.15) is 40.9 Å². The Labute approximate surface area is 212 Å². The third-order valence-electron chi connectivity index (χ3n) is 4.74. The van der Waals surface area contributed by atoms with E-state index < -0.39 is 22.4 Å². The number of nitrogens with one attached hydrogen (secondary N) is 1. The van der Waals surface area contributed by atoms with E-state index in [1.807, 2.05) is 0 Å². The van der Waals surface area contributed by atoms with Crippen molar-refractivity contribution in [2.75, 3.05) is 5.32 Å². The number of esters is 1. The number of aromatic nitrogens is 1. The Balaban J connectivity index is 1.76. The number of benzene rings is 2. The van der Waals surface area contributed by atoms with Gasteiger partial charge in [-0.2, -0.15) is 0 Å². The molecule has 4 rings (SSSR count). The highest BCUT2D eigenvalue weighted by Crippen LogP contribution is 2.38. The molecule has 4 aromatic rings. The van der Waals surface area contributed by atoms with E-state index in [1.165, 1.54) is 18.2 Å². The average molecular weight is 532 g/mol. The Morgan fingerprint density at radius 3 is 2.46 bits per heavy atom. The topological polar surface area (TPSA) is 125 Å². The first-order chi connectivity index (χ1) is 16.5. The second-order valence-corrected chi connectivity index (χ2v) is 10.7. The van der Waals surface area contributed by atoms with Gasteiger partial charge in [-0.15, -0.1) is 16.1 Å². The summed E-state index contributed by atoms with van der Waals surface area (Å²) in [6.07, 6.45) is 0. The van der Waals surface area contributed by atoms with Crippen LogP contribution in [0.5, 0.6) is 0 Å². The Hall–Kier alpha value is -3.54. The number of non-ortho nitro benzene ring substituents is 1. The molecule has 180 valence electrons. The zero-order valence-corrected chi connectivity index (χ0v) is 21.0. The Morgan fingerprint density at radius 2 is 1.83 bits per heavy atom. The lowest BCUT2D eigenvalue weighted by atomic mass is 10.0. The van der Waals surface area contributed by atoms with Gasteiger partial charge in [-0.25, -0.2) is 4.79 Å². The second-order valence-electron chi connectivity index (χ2n) is 8.40. The average Bonchev–Trinajstić information content (AvgIpc) is 3.34. The van der Waals surface area contributed by atoms with E-state index in [1.54, 1.807) is 50.4 Å². The lowest BCUT2D eigenvalue weighted by Crippen LogP contribution is -2.34. The molecule has 0 fully saturated rings. The SMILES string of the molecule is CC(C)(C)OC(=O)c1c(-c2ccc(Cl)cc2)csc1NC(=O)c1sc2c([N+](=O)[O-])cccc2[n+]1[O-]. The van der Waals surface area contributed by atoms with Crippen LogP contribution in [0.4, 0.5) is 10.7 Å². The summed E-state index contributed by atoms with van der Waals surface area (Å²) in [5.41, 5.74) is 0.285. The fraction of sp³-hybridized carbons (Fsp3) is 0.174. The number of nitro benzene ring substituents is 1. The highest BCUT2D eigenvalue weighted by molar-refractivity contribution is 7.20. The summed E-state index contributed by atoms with van der Waals surface area (Å²) in [4.78, 5) is 36.9. The molecule has 2 aromatic carbocycles. The predicted octanol–water partition coefficient (Wildman–Crippen LogP) is 6.03. The number of rotatable bonds is 5. The lowest BCUT2D eigenvalue weighted by Gasteiger charge is -2.20. The van der Waals surface area contributed by atoms with Crippen molar-refractivity contribution in [3.63, 3.8) is 0 Å². The van der Waals surface area contributed by atoms with Gasteiger partial charge in [0.1, 0.15) is 16.2 Å². The number of halogens is 1. The normalized spacial score (nSPS) is 11.4. The van der Waals surface area contributed by atoms with Gasteiger partial charge >= 0.3 is 16.9 Å². The molecule has 0 atom stereocenters. The van der Waals surface area contributed by atoms with Crippen LogP contribution in [0.3, 0.4) is 0 Å². The number of thiazole rings is 1. The quantitative estimate of drug-likeness (QED) is 0.110. The molecule has 9 nitrogen and oxygen atoms in total. The zero-order chi connectivity index (χ0) is 25.5. The molecule has 0 bridgehead atoms. The fourth-order valence-electron chi connectivity index (χ4n) is 3.29. The molecule has 0 saturated carbocycles. The first-order valence-corrected chi connectivity index (χ1v) is 12.3. The smallest absolute Gasteiger partial charge is 0.342 e. The summed E-state index contributed by atoms with van der Waals surface area (Å²) < 4.78 is 5.99. The van der Waals surface area contributed by atoms with Crippen LogP contribution in [0.2, 0.25) is 5.02 Å². The molecule has 1 amide bonds. The van der Waals surface area contributed by atoms with Crippen molar-refractivity contribution >= 4 is 67.1 Å². The Kier molecular flexibility index (Phi) is 6.50. The van der Waals surface area contributed by atoms with E-state index in [0.29, 0.717) is 32.2 Å². The minimum absolute atomic E-state index is 0.00903. The molecule has 35 heavy (non-hydrogen) atoms. The number of amides is 1. The van der Waals surface area contributed by atoms with Crippen LogP contribution >= 0.6 is 34.3 Å². The Morgan fingerprint density at radius 1 is 1.14 bits per heavy atom. The first kappa shape index (κ1) is 24.6. The first-order valence-electron chi connectivity index (χ1n) is 10.2. The number of nitro groups is 1. The van der Waals surface area contributed by atoms with Crippen molar-refractivity contribution < 1.29 is 24.0 Å². The molecule has 0 aliphatic rings. The van der Waals surface area contributed by atoms with E-state index in [-0.39, 0.29) is 31.5 Å². The molecule has 12 heteroatoms. The van der Waals surface area contributed by atoms with Gasteiger partial charge in [-0.05, 0) is 55.9 Å². The van der Waals surface area contributed by atoms with Gasteiger partial charge < -0.3 is 15.3 Å². The number of hydrogen-bond donors (Lipinski definition) is 1. The van der Waals surface area contributed by atoms with Gasteiger partial charge in [0.15, 0.2) is 4.70 Å². The predicted molar refractivity (Wildman–Crippen MR) is 135 cm³/mol. The fourth-order valence-corrected chi connectivity index (χ4v) is 5.39. The minimum Gasteiger partial charge on any atom is -0.617 e. The maximum absolute atomic E-state index is 13.1. The summed E-state index contributed by atoms with van der Waals surface area (Å²) in [7, 11) is 0. The number of hydrogen-bond acceptors (Lipinski definition) is 8. The van der Waals surface area contributed by atoms with E-state index in [2.05, 4.69) is 5.32 Å². The maximum Gasteiger partial charge on any atom is 0.342 e. The lowest BCUT2D eigenvalue weighted by molar-refractivity contribution is -0.574. The molecule has 2 heterocycles. The molecule has 0 unspecified atom stereocenters. The number of carbonyl (C=O) groups is 2. The van der Waals surface area contributed by atoms with Crippen LogP contribution in [0.25, 0.3) is 21.3 Å². The van der Waals surface area contributed by atoms with Crippen molar-refractivity contribution in [2.24, 2.45) is 0 Å². The number of thiophene rings is 1. The molecular formula is C23H18ClN3O6S2. The van der Waals surface area contributed by atoms with Crippen molar-refractivity contribution in [1.29, 1.82) is 0 Å². The van der Waals surface area contributed by atoms with Gasteiger partial charge in [0.25, 0.3) is 5.69 Å². The number of nitrogens with zero attached hydrogens (tertiary/aromatic N) is 2. The highest BCUT2D eigenvalue weighted by atomic mass is 35.5. The van der Waals surface area contributed by atoms with Crippen molar-refractivity contribution in [3.05, 3.63) is 78.8 Å². The summed E-state index contributed by atoms with van der Waals surface area (Å²) in [5.74, 6) is -1.45. The van der Waals surface area contributed by atoms with E-state index in [4.69, 9.17) is 16.3 Å². The van der Waals surface area contributed by atoms with Gasteiger partial charge in [-0.1, -0.05) is 23.7 Å². The summed E-state index contributed by atoms with van der Waals surface area (Å²) in [6, 6.07) is 10.9. The molecule has 0 aliphatic carbocycles. The summed E-state index contributed by atoms with van der Waals surface area (Å²) >= 11 is 7.79. The number of anilines is 1. The van der Waals surface area contributed by atoms with E-state index >= 15 is 0 Å². The number of carbonyl (C=O) groups excluding carboxylic acids is 2. The van der Waals surface area contributed by atoms with Gasteiger partial charge in [0, 0.05) is 28.1 Å². The van der Waals surface area contributed by atoms with Crippen LogP contribution in [-0.4, -0.2) is 22.4 Å². The molecule has 1 N–H and O–H groups in total. The van der Waals surface area contributed by atoms with Crippen molar-refractivity contribution in [1.82, 2.24) is 0 Å². The van der Waals surface area contributed by atoms with E-state index in [9.17, 15) is 24.9 Å². The molecule has 0 saturated heterocycles. The highest BCUT2D eigenvalue weighted by Gasteiger charge is 2.31. The van der Waals surface area contributed by atoms with Crippen LogP contribution in [0.15, 0.2) is 47.8 Å². The maximum atomic E-state index is 13.1. The minimum atomic E-state index is -0.801. The molecule has 0 spiro atoms. The second kappa shape index (κ2) is 9.25. The van der Waals surface area contributed by atoms with Crippen LogP contribution in [-0.2, 0) is 4.74 Å². The third-order valence-corrected chi connectivity index (χ3v) is 7.06. The Bertz CT molecular complexity index is 1470.